The van der Waals surface area contributed by atoms with Crippen molar-refractivity contribution in [1.29, 1.82) is 0 Å². The number of halogens is 2. The molecule has 1 nitrogen and oxygen atoms in total. The summed E-state index contributed by atoms with van der Waals surface area (Å²) < 4.78 is 18.5. The Kier molecular flexibility index (Phi) is 4.39. The number of methoxy groups -OCH3 is 1. The van der Waals surface area contributed by atoms with Crippen LogP contribution in [0.4, 0.5) is 4.39 Å². The van der Waals surface area contributed by atoms with E-state index in [0.717, 1.165) is 29.5 Å². The maximum atomic E-state index is 12.7. The van der Waals surface area contributed by atoms with E-state index in [1.165, 1.54) is 12.1 Å². The number of ether oxygens (including phenoxy) is 1. The van der Waals surface area contributed by atoms with Gasteiger partial charge in [-0.3, -0.25) is 0 Å². The van der Waals surface area contributed by atoms with Crippen molar-refractivity contribution in [2.24, 2.45) is 0 Å². The molecule has 13 heavy (non-hydrogen) atoms. The highest BCUT2D eigenvalue weighted by molar-refractivity contribution is 9.10. The molecule has 0 saturated carbocycles. The zero-order chi connectivity index (χ0) is 9.68. The Morgan fingerprint density at radius 3 is 2.85 bits per heavy atom. The lowest BCUT2D eigenvalue weighted by atomic mass is 10.1. The number of rotatable bonds is 4. The van der Waals surface area contributed by atoms with Crippen LogP contribution in [0.2, 0.25) is 0 Å². The molecule has 1 rings (SSSR count). The van der Waals surface area contributed by atoms with Gasteiger partial charge in [-0.25, -0.2) is 4.39 Å². The Morgan fingerprint density at radius 1 is 1.46 bits per heavy atom. The second-order valence-corrected chi connectivity index (χ2v) is 3.69. The molecule has 0 bridgehead atoms. The first-order valence-corrected chi connectivity index (χ1v) is 4.96. The van der Waals surface area contributed by atoms with Gasteiger partial charge in [0.1, 0.15) is 5.82 Å². The number of benzene rings is 1. The summed E-state index contributed by atoms with van der Waals surface area (Å²) in [5.41, 5.74) is 1.12. The van der Waals surface area contributed by atoms with E-state index in [-0.39, 0.29) is 5.82 Å². The van der Waals surface area contributed by atoms with Crippen LogP contribution >= 0.6 is 15.9 Å². The molecule has 0 heterocycles. The summed E-state index contributed by atoms with van der Waals surface area (Å²) >= 11 is 3.32. The van der Waals surface area contributed by atoms with Crippen LogP contribution in [0.15, 0.2) is 22.7 Å². The number of aryl methyl sites for hydroxylation is 1. The summed E-state index contributed by atoms with van der Waals surface area (Å²) in [6, 6.07) is 4.77. The van der Waals surface area contributed by atoms with Gasteiger partial charge in [-0.15, -0.1) is 0 Å². The zero-order valence-corrected chi connectivity index (χ0v) is 9.10. The van der Waals surface area contributed by atoms with Gasteiger partial charge in [0, 0.05) is 18.2 Å². The average molecular weight is 247 g/mol. The lowest BCUT2D eigenvalue weighted by molar-refractivity contribution is 0.195. The summed E-state index contributed by atoms with van der Waals surface area (Å²) in [6.45, 7) is 0.740. The molecular weight excluding hydrogens is 235 g/mol. The molecule has 0 saturated heterocycles. The molecule has 3 heteroatoms. The largest absolute Gasteiger partial charge is 0.385 e. The van der Waals surface area contributed by atoms with Gasteiger partial charge in [-0.2, -0.15) is 0 Å². The van der Waals surface area contributed by atoms with Crippen LogP contribution in [0.3, 0.4) is 0 Å². The predicted molar refractivity (Wildman–Crippen MR) is 54.3 cm³/mol. The van der Waals surface area contributed by atoms with E-state index in [2.05, 4.69) is 15.9 Å². The lowest BCUT2D eigenvalue weighted by Crippen LogP contribution is -1.93. The van der Waals surface area contributed by atoms with Crippen molar-refractivity contribution in [1.82, 2.24) is 0 Å². The Bertz CT molecular complexity index is 276. The first kappa shape index (κ1) is 10.7. The Hall–Kier alpha value is -0.410. The molecule has 0 aliphatic heterocycles. The predicted octanol–water partition coefficient (Wildman–Crippen LogP) is 3.17. The second kappa shape index (κ2) is 5.35. The minimum absolute atomic E-state index is 0.206. The summed E-state index contributed by atoms with van der Waals surface area (Å²) in [5.74, 6) is -0.206. The van der Waals surface area contributed by atoms with E-state index in [1.807, 2.05) is 0 Å². The quantitative estimate of drug-likeness (QED) is 0.742. The van der Waals surface area contributed by atoms with Gasteiger partial charge in [-0.1, -0.05) is 22.0 Å². The molecule has 0 spiro atoms. The molecule has 0 aliphatic rings. The molecule has 1 aromatic rings. The molecule has 0 fully saturated rings. The maximum absolute atomic E-state index is 12.7. The first-order valence-electron chi connectivity index (χ1n) is 4.17. The molecule has 0 atom stereocenters. The molecule has 72 valence electrons. The van der Waals surface area contributed by atoms with E-state index in [0.29, 0.717) is 0 Å². The highest BCUT2D eigenvalue weighted by atomic mass is 79.9. The number of hydrogen-bond acceptors (Lipinski definition) is 1. The zero-order valence-electron chi connectivity index (χ0n) is 7.52. The van der Waals surface area contributed by atoms with Gasteiger partial charge in [0.15, 0.2) is 0 Å². The summed E-state index contributed by atoms with van der Waals surface area (Å²) in [4.78, 5) is 0. The SMILES string of the molecule is COCCCc1ccc(F)cc1Br. The minimum atomic E-state index is -0.206. The molecule has 0 amide bonds. The molecule has 0 unspecified atom stereocenters. The number of hydrogen-bond donors (Lipinski definition) is 0. The molecule has 0 N–H and O–H groups in total. The highest BCUT2D eigenvalue weighted by Gasteiger charge is 2.00. The molecular formula is C10H12BrFO. The van der Waals surface area contributed by atoms with Crippen molar-refractivity contribution in [2.45, 2.75) is 12.8 Å². The van der Waals surface area contributed by atoms with Crippen LogP contribution in [-0.4, -0.2) is 13.7 Å². The van der Waals surface area contributed by atoms with E-state index < -0.39 is 0 Å². The minimum Gasteiger partial charge on any atom is -0.385 e. The van der Waals surface area contributed by atoms with Crippen molar-refractivity contribution in [3.63, 3.8) is 0 Å². The topological polar surface area (TPSA) is 9.23 Å². The van der Waals surface area contributed by atoms with E-state index in [4.69, 9.17) is 4.74 Å². The monoisotopic (exact) mass is 246 g/mol. The fourth-order valence-electron chi connectivity index (χ4n) is 1.13. The third-order valence-electron chi connectivity index (χ3n) is 1.81. The van der Waals surface area contributed by atoms with Crippen molar-refractivity contribution in [2.75, 3.05) is 13.7 Å². The molecule has 0 aliphatic carbocycles. The van der Waals surface area contributed by atoms with Crippen LogP contribution in [0.5, 0.6) is 0 Å². The van der Waals surface area contributed by atoms with Crippen LogP contribution < -0.4 is 0 Å². The van der Waals surface area contributed by atoms with Crippen molar-refractivity contribution < 1.29 is 9.13 Å². The van der Waals surface area contributed by atoms with E-state index in [9.17, 15) is 4.39 Å². The van der Waals surface area contributed by atoms with Crippen molar-refractivity contribution in [3.05, 3.63) is 34.1 Å². The van der Waals surface area contributed by atoms with Crippen LogP contribution in [0.1, 0.15) is 12.0 Å². The van der Waals surface area contributed by atoms with Gasteiger partial charge in [-0.05, 0) is 30.5 Å². The van der Waals surface area contributed by atoms with Crippen molar-refractivity contribution >= 4 is 15.9 Å². The summed E-state index contributed by atoms with van der Waals surface area (Å²) in [5, 5.41) is 0. The summed E-state index contributed by atoms with van der Waals surface area (Å²) in [7, 11) is 1.68. The van der Waals surface area contributed by atoms with Gasteiger partial charge in [0.25, 0.3) is 0 Å². The Balaban J connectivity index is 2.56. The second-order valence-electron chi connectivity index (χ2n) is 2.83. The lowest BCUT2D eigenvalue weighted by Gasteiger charge is -2.03. The fourth-order valence-corrected chi connectivity index (χ4v) is 1.68. The average Bonchev–Trinajstić information content (AvgIpc) is 2.09. The van der Waals surface area contributed by atoms with Gasteiger partial charge >= 0.3 is 0 Å². The highest BCUT2D eigenvalue weighted by Crippen LogP contribution is 2.19. The van der Waals surface area contributed by atoms with E-state index in [1.54, 1.807) is 13.2 Å². The van der Waals surface area contributed by atoms with Gasteiger partial charge in [0.2, 0.25) is 0 Å². The van der Waals surface area contributed by atoms with Crippen LogP contribution in [0.25, 0.3) is 0 Å². The summed E-state index contributed by atoms with van der Waals surface area (Å²) in [6.07, 6.45) is 1.87. The molecule has 0 aromatic heterocycles. The Labute approximate surface area is 86.0 Å². The molecule has 1 aromatic carbocycles. The third-order valence-corrected chi connectivity index (χ3v) is 2.55. The van der Waals surface area contributed by atoms with E-state index >= 15 is 0 Å². The van der Waals surface area contributed by atoms with Crippen LogP contribution in [0, 0.1) is 5.82 Å². The smallest absolute Gasteiger partial charge is 0.124 e. The van der Waals surface area contributed by atoms with Gasteiger partial charge in [0.05, 0.1) is 0 Å². The molecule has 0 radical (unpaired) electrons. The van der Waals surface area contributed by atoms with Crippen molar-refractivity contribution in [3.8, 4) is 0 Å². The van der Waals surface area contributed by atoms with Crippen LogP contribution in [-0.2, 0) is 11.2 Å². The first-order chi connectivity index (χ1) is 6.24. The third kappa shape index (κ3) is 3.44. The fraction of sp³-hybridized carbons (Fsp3) is 0.400. The van der Waals surface area contributed by atoms with Gasteiger partial charge < -0.3 is 4.74 Å². The Morgan fingerprint density at radius 2 is 2.23 bits per heavy atom. The maximum Gasteiger partial charge on any atom is 0.124 e. The standard InChI is InChI=1S/C10H12BrFO/c1-13-6-2-3-8-4-5-9(12)7-10(8)11/h4-5,7H,2-3,6H2,1H3. The normalized spacial score (nSPS) is 10.4.